The van der Waals surface area contributed by atoms with E-state index in [2.05, 4.69) is 5.32 Å². The minimum Gasteiger partial charge on any atom is -0.396 e. The quantitative estimate of drug-likeness (QED) is 0.750. The van der Waals surface area contributed by atoms with E-state index in [-0.39, 0.29) is 23.7 Å². The summed E-state index contributed by atoms with van der Waals surface area (Å²) in [7, 11) is 0. The van der Waals surface area contributed by atoms with Crippen molar-refractivity contribution in [1.82, 2.24) is 5.32 Å². The molecule has 1 aliphatic rings. The highest BCUT2D eigenvalue weighted by Crippen LogP contribution is 2.19. The predicted octanol–water partition coefficient (Wildman–Crippen LogP) is 1.80. The van der Waals surface area contributed by atoms with Crippen LogP contribution in [0.3, 0.4) is 0 Å². The summed E-state index contributed by atoms with van der Waals surface area (Å²) < 4.78 is 0. The molecule has 1 saturated carbocycles. The normalized spacial score (nSPS) is 20.7. The van der Waals surface area contributed by atoms with Crippen LogP contribution in [0.2, 0.25) is 0 Å². The van der Waals surface area contributed by atoms with Crippen LogP contribution in [0.5, 0.6) is 0 Å². The smallest absolute Gasteiger partial charge is 0.233 e. The molecule has 4 heteroatoms. The van der Waals surface area contributed by atoms with Crippen molar-refractivity contribution >= 4 is 17.7 Å². The van der Waals surface area contributed by atoms with Crippen molar-refractivity contribution in [3.63, 3.8) is 0 Å². The molecule has 0 heterocycles. The van der Waals surface area contributed by atoms with Crippen molar-refractivity contribution < 1.29 is 9.90 Å². The van der Waals surface area contributed by atoms with E-state index in [1.54, 1.807) is 11.8 Å². The van der Waals surface area contributed by atoms with Crippen LogP contribution in [-0.2, 0) is 4.79 Å². The average Bonchev–Trinajstić information content (AvgIpc) is 2.77. The number of hydrogen-bond donors (Lipinski definition) is 2. The summed E-state index contributed by atoms with van der Waals surface area (Å²) in [5.41, 5.74) is 0. The molecular weight excluding hydrogens is 222 g/mol. The fraction of sp³-hybridized carbons (Fsp3) is 0.917. The van der Waals surface area contributed by atoms with Crippen LogP contribution in [-0.4, -0.2) is 34.7 Å². The maximum atomic E-state index is 11.8. The first-order chi connectivity index (χ1) is 7.63. The number of amides is 1. The molecule has 0 bridgehead atoms. The van der Waals surface area contributed by atoms with Crippen molar-refractivity contribution in [2.24, 2.45) is 5.92 Å². The maximum absolute atomic E-state index is 11.8. The number of hydrogen-bond acceptors (Lipinski definition) is 3. The fourth-order valence-corrected chi connectivity index (χ4v) is 2.77. The van der Waals surface area contributed by atoms with E-state index in [1.165, 1.54) is 12.8 Å². The van der Waals surface area contributed by atoms with Gasteiger partial charge in [0.05, 0.1) is 5.25 Å². The Hall–Kier alpha value is -0.220. The molecule has 0 aromatic rings. The van der Waals surface area contributed by atoms with Gasteiger partial charge in [0.15, 0.2) is 0 Å². The Morgan fingerprint density at radius 2 is 2.06 bits per heavy atom. The van der Waals surface area contributed by atoms with E-state index < -0.39 is 0 Å². The molecule has 2 atom stereocenters. The van der Waals surface area contributed by atoms with Gasteiger partial charge < -0.3 is 10.4 Å². The van der Waals surface area contributed by atoms with Gasteiger partial charge in [-0.1, -0.05) is 19.8 Å². The third kappa shape index (κ3) is 4.74. The monoisotopic (exact) mass is 245 g/mol. The van der Waals surface area contributed by atoms with Crippen molar-refractivity contribution in [3.05, 3.63) is 0 Å². The van der Waals surface area contributed by atoms with Gasteiger partial charge in [-0.15, -0.1) is 11.8 Å². The minimum absolute atomic E-state index is 0.00500. The lowest BCUT2D eigenvalue weighted by atomic mass is 10.2. The zero-order chi connectivity index (χ0) is 12.0. The fourth-order valence-electron chi connectivity index (χ4n) is 1.83. The van der Waals surface area contributed by atoms with E-state index in [0.29, 0.717) is 6.04 Å². The molecule has 0 aliphatic heterocycles. The van der Waals surface area contributed by atoms with Crippen LogP contribution in [0.25, 0.3) is 0 Å². The summed E-state index contributed by atoms with van der Waals surface area (Å²) in [5, 5.41) is 12.0. The predicted molar refractivity (Wildman–Crippen MR) is 68.6 cm³/mol. The zero-order valence-electron chi connectivity index (χ0n) is 10.2. The lowest BCUT2D eigenvalue weighted by molar-refractivity contribution is -0.120. The Morgan fingerprint density at radius 3 is 2.62 bits per heavy atom. The summed E-state index contributed by atoms with van der Waals surface area (Å²) in [6.07, 6.45) is 4.76. The molecule has 16 heavy (non-hydrogen) atoms. The highest BCUT2D eigenvalue weighted by atomic mass is 32.2. The van der Waals surface area contributed by atoms with Crippen LogP contribution < -0.4 is 5.32 Å². The van der Waals surface area contributed by atoms with Crippen molar-refractivity contribution in [2.75, 3.05) is 12.4 Å². The summed E-state index contributed by atoms with van der Waals surface area (Å²) in [6.45, 7) is 4.14. The van der Waals surface area contributed by atoms with Gasteiger partial charge in [0.25, 0.3) is 0 Å². The lowest BCUT2D eigenvalue weighted by Gasteiger charge is -2.17. The summed E-state index contributed by atoms with van der Waals surface area (Å²) in [4.78, 5) is 11.8. The third-order valence-corrected chi connectivity index (χ3v) is 4.49. The van der Waals surface area contributed by atoms with E-state index in [4.69, 9.17) is 5.11 Å². The van der Waals surface area contributed by atoms with E-state index in [1.807, 2.05) is 13.8 Å². The molecule has 3 nitrogen and oxygen atoms in total. The Kier molecular flexibility index (Phi) is 6.21. The standard InChI is InChI=1S/C12H23NO2S/c1-9(7-14)8-16-10(2)12(15)13-11-5-3-4-6-11/h9-11,14H,3-8H2,1-2H3,(H,13,15). The van der Waals surface area contributed by atoms with Gasteiger partial charge in [0.2, 0.25) is 5.91 Å². The second-order valence-corrected chi connectivity index (χ2v) is 6.13. The molecule has 0 radical (unpaired) electrons. The number of aliphatic hydroxyl groups excluding tert-OH is 1. The van der Waals surface area contributed by atoms with Crippen LogP contribution in [0.15, 0.2) is 0 Å². The van der Waals surface area contributed by atoms with Crippen molar-refractivity contribution in [1.29, 1.82) is 0 Å². The van der Waals surface area contributed by atoms with Crippen LogP contribution >= 0.6 is 11.8 Å². The first-order valence-corrected chi connectivity index (χ1v) is 7.21. The Bertz CT molecular complexity index is 217. The third-order valence-electron chi connectivity index (χ3n) is 3.01. The SMILES string of the molecule is CC(CO)CSC(C)C(=O)NC1CCCC1. The molecule has 1 aliphatic carbocycles. The molecule has 0 spiro atoms. The maximum Gasteiger partial charge on any atom is 0.233 e. The first-order valence-electron chi connectivity index (χ1n) is 6.16. The minimum atomic E-state index is -0.00500. The molecule has 0 aromatic carbocycles. The number of nitrogens with one attached hydrogen (secondary N) is 1. The summed E-state index contributed by atoms with van der Waals surface area (Å²) in [5.74, 6) is 1.27. The van der Waals surface area contributed by atoms with Gasteiger partial charge in [-0.05, 0) is 31.4 Å². The number of thioether (sulfide) groups is 1. The Morgan fingerprint density at radius 1 is 1.44 bits per heavy atom. The van der Waals surface area contributed by atoms with Crippen LogP contribution in [0.4, 0.5) is 0 Å². The highest BCUT2D eigenvalue weighted by molar-refractivity contribution is 8.00. The molecule has 1 fully saturated rings. The zero-order valence-corrected chi connectivity index (χ0v) is 11.1. The summed E-state index contributed by atoms with van der Waals surface area (Å²) in [6, 6.07) is 0.408. The molecule has 1 amide bonds. The van der Waals surface area contributed by atoms with Gasteiger partial charge in [0.1, 0.15) is 0 Å². The highest BCUT2D eigenvalue weighted by Gasteiger charge is 2.21. The number of carbonyl (C=O) groups excluding carboxylic acids is 1. The van der Waals surface area contributed by atoms with Crippen LogP contribution in [0, 0.1) is 5.92 Å². The van der Waals surface area contributed by atoms with Crippen molar-refractivity contribution in [2.45, 2.75) is 50.8 Å². The number of aliphatic hydroxyl groups is 1. The van der Waals surface area contributed by atoms with Crippen LogP contribution in [0.1, 0.15) is 39.5 Å². The number of carbonyl (C=O) groups is 1. The average molecular weight is 245 g/mol. The second-order valence-electron chi connectivity index (χ2n) is 4.75. The van der Waals surface area contributed by atoms with Gasteiger partial charge in [-0.3, -0.25) is 4.79 Å². The van der Waals surface area contributed by atoms with Gasteiger partial charge in [-0.2, -0.15) is 0 Å². The van der Waals surface area contributed by atoms with Gasteiger partial charge in [0, 0.05) is 12.6 Å². The molecule has 94 valence electrons. The van der Waals surface area contributed by atoms with E-state index in [9.17, 15) is 4.79 Å². The van der Waals surface area contributed by atoms with E-state index in [0.717, 1.165) is 18.6 Å². The summed E-state index contributed by atoms with van der Waals surface area (Å²) >= 11 is 1.63. The number of rotatable bonds is 6. The Balaban J connectivity index is 2.19. The van der Waals surface area contributed by atoms with Gasteiger partial charge >= 0.3 is 0 Å². The molecule has 0 saturated heterocycles. The molecule has 2 unspecified atom stereocenters. The van der Waals surface area contributed by atoms with E-state index >= 15 is 0 Å². The topological polar surface area (TPSA) is 49.3 Å². The lowest BCUT2D eigenvalue weighted by Crippen LogP contribution is -2.38. The van der Waals surface area contributed by atoms with Crippen molar-refractivity contribution in [3.8, 4) is 0 Å². The molecule has 0 aromatic heterocycles. The Labute approximate surface area is 102 Å². The molecular formula is C12H23NO2S. The van der Waals surface area contributed by atoms with Gasteiger partial charge in [-0.25, -0.2) is 0 Å². The molecule has 2 N–H and O–H groups in total. The first kappa shape index (κ1) is 13.8. The largest absolute Gasteiger partial charge is 0.396 e. The second kappa shape index (κ2) is 7.17. The molecule has 1 rings (SSSR count).